The molecule has 0 aliphatic rings. The molecule has 0 aliphatic carbocycles. The van der Waals surface area contributed by atoms with Crippen molar-refractivity contribution in [3.05, 3.63) is 106 Å². The second kappa shape index (κ2) is 9.57. The van der Waals surface area contributed by atoms with Crippen LogP contribution >= 0.6 is 22.9 Å². The minimum Gasteiger partial charge on any atom is -0.489 e. The van der Waals surface area contributed by atoms with Crippen molar-refractivity contribution in [3.63, 3.8) is 0 Å². The van der Waals surface area contributed by atoms with Crippen molar-refractivity contribution < 1.29 is 9.53 Å². The van der Waals surface area contributed by atoms with E-state index in [0.29, 0.717) is 23.9 Å². The molecule has 1 amide bonds. The zero-order chi connectivity index (χ0) is 20.8. The lowest BCUT2D eigenvalue weighted by Crippen LogP contribution is -2.23. The van der Waals surface area contributed by atoms with E-state index in [4.69, 9.17) is 16.3 Å². The number of hydrogen-bond acceptors (Lipinski definition) is 4. The highest BCUT2D eigenvalue weighted by Crippen LogP contribution is 2.26. The smallest absolute Gasteiger partial charge is 0.271 e. The van der Waals surface area contributed by atoms with Gasteiger partial charge in [-0.25, -0.2) is 4.98 Å². The summed E-state index contributed by atoms with van der Waals surface area (Å²) in [7, 11) is 0. The predicted octanol–water partition coefficient (Wildman–Crippen LogP) is 5.97. The summed E-state index contributed by atoms with van der Waals surface area (Å²) in [5.41, 5.74) is 3.47. The first-order valence-electron chi connectivity index (χ1n) is 9.43. The number of carbonyl (C=O) groups is 1. The highest BCUT2D eigenvalue weighted by atomic mass is 35.5. The summed E-state index contributed by atoms with van der Waals surface area (Å²) in [4.78, 5) is 16.8. The van der Waals surface area contributed by atoms with Gasteiger partial charge in [0.2, 0.25) is 0 Å². The first-order valence-corrected chi connectivity index (χ1v) is 10.7. The molecule has 0 bridgehead atoms. The summed E-state index contributed by atoms with van der Waals surface area (Å²) in [6, 6.07) is 25.1. The molecule has 30 heavy (non-hydrogen) atoms. The lowest BCUT2D eigenvalue weighted by atomic mass is 10.2. The summed E-state index contributed by atoms with van der Waals surface area (Å²) < 4.78 is 5.82. The van der Waals surface area contributed by atoms with Gasteiger partial charge < -0.3 is 10.1 Å². The number of benzene rings is 3. The second-order valence-corrected chi connectivity index (χ2v) is 7.94. The molecule has 0 radical (unpaired) electrons. The van der Waals surface area contributed by atoms with E-state index in [1.54, 1.807) is 5.38 Å². The van der Waals surface area contributed by atoms with Crippen LogP contribution in [0.3, 0.4) is 0 Å². The quantitative estimate of drug-likeness (QED) is 0.389. The van der Waals surface area contributed by atoms with Gasteiger partial charge in [0.15, 0.2) is 0 Å². The van der Waals surface area contributed by atoms with Crippen molar-refractivity contribution in [2.75, 3.05) is 0 Å². The Bertz CT molecular complexity index is 1110. The molecule has 0 aliphatic heterocycles. The van der Waals surface area contributed by atoms with E-state index in [2.05, 4.69) is 10.3 Å². The van der Waals surface area contributed by atoms with Gasteiger partial charge in [-0.2, -0.15) is 0 Å². The molecular weight excluding hydrogens is 416 g/mol. The van der Waals surface area contributed by atoms with Gasteiger partial charge in [0.1, 0.15) is 23.1 Å². The first kappa shape index (κ1) is 20.1. The molecule has 0 fully saturated rings. The molecule has 6 heteroatoms. The van der Waals surface area contributed by atoms with Crippen molar-refractivity contribution in [2.24, 2.45) is 0 Å². The lowest BCUT2D eigenvalue weighted by molar-refractivity contribution is 0.0946. The number of aromatic nitrogens is 1. The molecule has 4 rings (SSSR count). The lowest BCUT2D eigenvalue weighted by Gasteiger charge is -2.07. The first-order chi connectivity index (χ1) is 14.7. The second-order valence-electron chi connectivity index (χ2n) is 6.65. The molecule has 150 valence electrons. The number of amides is 1. The Labute approximate surface area is 184 Å². The molecule has 0 saturated heterocycles. The number of ether oxygens (including phenoxy) is 1. The van der Waals surface area contributed by atoms with Crippen LogP contribution in [0.25, 0.3) is 10.6 Å². The number of hydrogen-bond donors (Lipinski definition) is 1. The molecule has 4 aromatic rings. The van der Waals surface area contributed by atoms with E-state index in [-0.39, 0.29) is 5.91 Å². The summed E-state index contributed by atoms with van der Waals surface area (Å²) in [5, 5.41) is 6.18. The van der Waals surface area contributed by atoms with Crippen LogP contribution in [0, 0.1) is 0 Å². The largest absolute Gasteiger partial charge is 0.489 e. The Hall–Kier alpha value is -3.15. The van der Waals surface area contributed by atoms with E-state index < -0.39 is 0 Å². The molecule has 4 nitrogen and oxygen atoms in total. The van der Waals surface area contributed by atoms with Crippen LogP contribution < -0.4 is 10.1 Å². The summed E-state index contributed by atoms with van der Waals surface area (Å²) in [6.45, 7) is 0.950. The minimum atomic E-state index is -0.177. The zero-order valence-corrected chi connectivity index (χ0v) is 17.6. The summed E-state index contributed by atoms with van der Waals surface area (Å²) in [5.74, 6) is 0.593. The molecule has 3 aromatic carbocycles. The monoisotopic (exact) mass is 434 g/mol. The van der Waals surface area contributed by atoms with Gasteiger partial charge in [-0.3, -0.25) is 4.79 Å². The van der Waals surface area contributed by atoms with Crippen molar-refractivity contribution >= 4 is 28.8 Å². The van der Waals surface area contributed by atoms with Gasteiger partial charge in [0.05, 0.1) is 0 Å². The molecule has 1 N–H and O–H groups in total. The fourth-order valence-electron chi connectivity index (χ4n) is 2.82. The molecule has 0 unspecified atom stereocenters. The standard InChI is InChI=1S/C24H19ClN2O2S/c25-20-10-6-18(7-11-20)15-29-21-12-8-19(9-13-21)24-27-22(16-30-24)23(28)26-14-17-4-2-1-3-5-17/h1-13,16H,14-15H2,(H,26,28). The molecular formula is C24H19ClN2O2S. The Morgan fingerprint density at radius 1 is 0.933 bits per heavy atom. The SMILES string of the molecule is O=C(NCc1ccccc1)c1csc(-c2ccc(OCc3ccc(Cl)cc3)cc2)n1. The highest BCUT2D eigenvalue weighted by Gasteiger charge is 2.12. The van der Waals surface area contributed by atoms with Crippen LogP contribution in [0.4, 0.5) is 0 Å². The number of rotatable bonds is 7. The minimum absolute atomic E-state index is 0.177. The van der Waals surface area contributed by atoms with Crippen LogP contribution in [-0.4, -0.2) is 10.9 Å². The van der Waals surface area contributed by atoms with Gasteiger partial charge in [-0.05, 0) is 47.5 Å². The predicted molar refractivity (Wildman–Crippen MR) is 121 cm³/mol. The molecule has 0 saturated carbocycles. The Morgan fingerprint density at radius 2 is 1.67 bits per heavy atom. The number of carbonyl (C=O) groups excluding carboxylic acids is 1. The topological polar surface area (TPSA) is 51.2 Å². The Morgan fingerprint density at radius 3 is 2.40 bits per heavy atom. The average molecular weight is 435 g/mol. The third kappa shape index (κ3) is 5.26. The van der Waals surface area contributed by atoms with Crippen molar-refractivity contribution in [1.29, 1.82) is 0 Å². The van der Waals surface area contributed by atoms with Gasteiger partial charge >= 0.3 is 0 Å². The van der Waals surface area contributed by atoms with Gasteiger partial charge in [-0.15, -0.1) is 11.3 Å². The van der Waals surface area contributed by atoms with Crippen molar-refractivity contribution in [1.82, 2.24) is 10.3 Å². The normalized spacial score (nSPS) is 10.6. The van der Waals surface area contributed by atoms with E-state index in [9.17, 15) is 4.79 Å². The third-order valence-electron chi connectivity index (χ3n) is 4.45. The number of halogens is 1. The maximum atomic E-state index is 12.4. The summed E-state index contributed by atoms with van der Waals surface area (Å²) in [6.07, 6.45) is 0. The maximum absolute atomic E-state index is 12.4. The van der Waals surface area contributed by atoms with E-state index in [1.165, 1.54) is 11.3 Å². The highest BCUT2D eigenvalue weighted by molar-refractivity contribution is 7.13. The average Bonchev–Trinajstić information content (AvgIpc) is 3.29. The van der Waals surface area contributed by atoms with Crippen LogP contribution in [0.2, 0.25) is 5.02 Å². The van der Waals surface area contributed by atoms with Gasteiger partial charge in [0, 0.05) is 22.5 Å². The van der Waals surface area contributed by atoms with E-state index in [0.717, 1.165) is 27.4 Å². The fraction of sp³-hybridized carbons (Fsp3) is 0.0833. The van der Waals surface area contributed by atoms with Gasteiger partial charge in [-0.1, -0.05) is 54.1 Å². The maximum Gasteiger partial charge on any atom is 0.271 e. The molecule has 0 atom stereocenters. The van der Waals surface area contributed by atoms with Crippen molar-refractivity contribution in [2.45, 2.75) is 13.2 Å². The van der Waals surface area contributed by atoms with Crippen molar-refractivity contribution in [3.8, 4) is 16.3 Å². The van der Waals surface area contributed by atoms with Crippen LogP contribution in [0.1, 0.15) is 21.6 Å². The zero-order valence-electron chi connectivity index (χ0n) is 16.0. The number of thiazole rings is 1. The summed E-state index contributed by atoms with van der Waals surface area (Å²) >= 11 is 7.35. The van der Waals surface area contributed by atoms with Crippen LogP contribution in [0.15, 0.2) is 84.2 Å². The molecule has 0 spiro atoms. The number of nitrogens with zero attached hydrogens (tertiary/aromatic N) is 1. The molecule has 1 aromatic heterocycles. The van der Waals surface area contributed by atoms with Gasteiger partial charge in [0.25, 0.3) is 5.91 Å². The Balaban J connectivity index is 1.34. The van der Waals surface area contributed by atoms with E-state index >= 15 is 0 Å². The fourth-order valence-corrected chi connectivity index (χ4v) is 3.75. The van der Waals surface area contributed by atoms with Crippen LogP contribution in [-0.2, 0) is 13.2 Å². The number of nitrogens with one attached hydrogen (secondary N) is 1. The molecule has 1 heterocycles. The third-order valence-corrected chi connectivity index (χ3v) is 5.60. The van der Waals surface area contributed by atoms with Crippen LogP contribution in [0.5, 0.6) is 5.75 Å². The van der Waals surface area contributed by atoms with E-state index in [1.807, 2.05) is 78.9 Å². The Kier molecular flexibility index (Phi) is 6.42.